The van der Waals surface area contributed by atoms with Crippen molar-refractivity contribution in [3.05, 3.63) is 35.9 Å². The maximum atomic E-state index is 12.0. The zero-order valence-corrected chi connectivity index (χ0v) is 12.9. The second-order valence-electron chi connectivity index (χ2n) is 5.63. The molecule has 0 radical (unpaired) electrons. The molecule has 0 aliphatic carbocycles. The highest BCUT2D eigenvalue weighted by molar-refractivity contribution is 7.93. The first-order valence-corrected chi connectivity index (χ1v) is 8.89. The largest absolute Gasteiger partial charge is 0.497 e. The average Bonchev–Trinajstić information content (AvgIpc) is 2.67. The molecule has 0 N–H and O–H groups in total. The van der Waals surface area contributed by atoms with Crippen molar-refractivity contribution in [3.8, 4) is 11.5 Å². The molecule has 3 rings (SSSR count). The maximum Gasteiger partial charge on any atom is 0.159 e. The van der Waals surface area contributed by atoms with Crippen molar-refractivity contribution < 1.29 is 17.9 Å². The van der Waals surface area contributed by atoms with Crippen LogP contribution in [0.4, 0.5) is 0 Å². The summed E-state index contributed by atoms with van der Waals surface area (Å²) in [6.07, 6.45) is 5.02. The van der Waals surface area contributed by atoms with Crippen molar-refractivity contribution in [2.45, 2.75) is 36.2 Å². The number of sulfone groups is 1. The maximum absolute atomic E-state index is 12.0. The fraction of sp³-hybridized carbons (Fsp3) is 0.500. The van der Waals surface area contributed by atoms with Crippen LogP contribution in [0.15, 0.2) is 35.9 Å². The van der Waals surface area contributed by atoms with E-state index in [0.717, 1.165) is 30.8 Å². The Morgan fingerprint density at radius 2 is 2.05 bits per heavy atom. The minimum absolute atomic E-state index is 0.153. The van der Waals surface area contributed by atoms with E-state index in [1.54, 1.807) is 7.11 Å². The second kappa shape index (κ2) is 5.72. The molecule has 1 fully saturated rings. The van der Waals surface area contributed by atoms with Gasteiger partial charge in [0.25, 0.3) is 0 Å². The van der Waals surface area contributed by atoms with Crippen molar-refractivity contribution in [2.24, 2.45) is 0 Å². The number of ether oxygens (including phenoxy) is 2. The van der Waals surface area contributed by atoms with E-state index in [4.69, 9.17) is 9.47 Å². The van der Waals surface area contributed by atoms with Crippen LogP contribution in [0.3, 0.4) is 0 Å². The zero-order valence-electron chi connectivity index (χ0n) is 12.1. The van der Waals surface area contributed by atoms with Crippen molar-refractivity contribution in [2.75, 3.05) is 13.7 Å². The predicted molar refractivity (Wildman–Crippen MR) is 81.5 cm³/mol. The van der Waals surface area contributed by atoms with Crippen molar-refractivity contribution in [1.82, 2.24) is 0 Å². The lowest BCUT2D eigenvalue weighted by Crippen LogP contribution is -2.27. The SMILES string of the molecule is COc1cccc(OCCC2=CC3CCC(C2)S3(=O)=O)c1. The van der Waals surface area contributed by atoms with Gasteiger partial charge < -0.3 is 9.47 Å². The van der Waals surface area contributed by atoms with E-state index in [0.29, 0.717) is 13.0 Å². The molecule has 0 saturated carbocycles. The Labute approximate surface area is 125 Å². The van der Waals surface area contributed by atoms with Crippen LogP contribution in [-0.4, -0.2) is 32.6 Å². The van der Waals surface area contributed by atoms with Gasteiger partial charge in [-0.25, -0.2) is 8.42 Å². The molecular formula is C16H20O4S. The van der Waals surface area contributed by atoms with Gasteiger partial charge in [-0.15, -0.1) is 0 Å². The summed E-state index contributed by atoms with van der Waals surface area (Å²) < 4.78 is 34.9. The molecule has 2 bridgehead atoms. The number of methoxy groups -OCH3 is 1. The number of fused-ring (bicyclic) bond motifs is 2. The van der Waals surface area contributed by atoms with Gasteiger partial charge >= 0.3 is 0 Å². The van der Waals surface area contributed by atoms with Crippen molar-refractivity contribution in [1.29, 1.82) is 0 Å². The van der Waals surface area contributed by atoms with Gasteiger partial charge in [-0.2, -0.15) is 0 Å². The second-order valence-corrected chi connectivity index (χ2v) is 8.08. The van der Waals surface area contributed by atoms with Crippen molar-refractivity contribution in [3.63, 3.8) is 0 Å². The Morgan fingerprint density at radius 3 is 2.81 bits per heavy atom. The Balaban J connectivity index is 1.57. The van der Waals surface area contributed by atoms with E-state index >= 15 is 0 Å². The predicted octanol–water partition coefficient (Wildman–Crippen LogP) is 2.74. The third-order valence-electron chi connectivity index (χ3n) is 4.30. The monoisotopic (exact) mass is 308 g/mol. The molecule has 114 valence electrons. The molecule has 21 heavy (non-hydrogen) atoms. The summed E-state index contributed by atoms with van der Waals surface area (Å²) in [6, 6.07) is 7.51. The van der Waals surface area contributed by atoms with Gasteiger partial charge in [-0.3, -0.25) is 0 Å². The van der Waals surface area contributed by atoms with E-state index in [1.807, 2.05) is 30.3 Å². The molecule has 2 heterocycles. The summed E-state index contributed by atoms with van der Waals surface area (Å²) in [7, 11) is -1.25. The lowest BCUT2D eigenvalue weighted by molar-refractivity contribution is 0.317. The van der Waals surface area contributed by atoms with Gasteiger partial charge in [0.05, 0.1) is 24.2 Å². The summed E-state index contributed by atoms with van der Waals surface area (Å²) in [4.78, 5) is 0. The third-order valence-corrected chi connectivity index (χ3v) is 6.85. The quantitative estimate of drug-likeness (QED) is 0.785. The summed E-state index contributed by atoms with van der Waals surface area (Å²) in [5.41, 5.74) is 1.22. The van der Waals surface area contributed by atoms with Crippen LogP contribution in [0, 0.1) is 0 Å². The van der Waals surface area contributed by atoms with Crippen LogP contribution < -0.4 is 9.47 Å². The van der Waals surface area contributed by atoms with Crippen LogP contribution in [0.25, 0.3) is 0 Å². The molecule has 5 heteroatoms. The molecule has 1 saturated heterocycles. The van der Waals surface area contributed by atoms with Gasteiger partial charge in [0.15, 0.2) is 9.84 Å². The molecule has 0 amide bonds. The summed E-state index contributed by atoms with van der Waals surface area (Å²) in [5, 5.41) is -0.401. The van der Waals surface area contributed by atoms with Gasteiger partial charge in [-0.1, -0.05) is 17.7 Å². The normalized spacial score (nSPS) is 26.2. The van der Waals surface area contributed by atoms with E-state index in [1.165, 1.54) is 5.57 Å². The number of rotatable bonds is 5. The molecular weight excluding hydrogens is 288 g/mol. The molecule has 0 aromatic heterocycles. The van der Waals surface area contributed by atoms with Crippen LogP contribution in [0.5, 0.6) is 11.5 Å². The molecule has 2 unspecified atom stereocenters. The highest BCUT2D eigenvalue weighted by atomic mass is 32.2. The number of hydrogen-bond acceptors (Lipinski definition) is 4. The van der Waals surface area contributed by atoms with E-state index < -0.39 is 9.84 Å². The van der Waals surface area contributed by atoms with Crippen LogP contribution in [-0.2, 0) is 9.84 Å². The van der Waals surface area contributed by atoms with Crippen LogP contribution in [0.1, 0.15) is 25.7 Å². The minimum atomic E-state index is -2.88. The standard InChI is InChI=1S/C16H20O4S/c1-19-13-3-2-4-14(11-13)20-8-7-12-9-15-5-6-16(10-12)21(15,17)18/h2-4,9,11,15-16H,5-8,10H2,1H3. The van der Waals surface area contributed by atoms with Gasteiger partial charge in [0.1, 0.15) is 11.5 Å². The van der Waals surface area contributed by atoms with E-state index in [9.17, 15) is 8.42 Å². The van der Waals surface area contributed by atoms with Gasteiger partial charge in [0.2, 0.25) is 0 Å². The number of benzene rings is 1. The molecule has 2 aliphatic heterocycles. The topological polar surface area (TPSA) is 52.6 Å². The Bertz CT molecular complexity index is 648. The van der Waals surface area contributed by atoms with Crippen molar-refractivity contribution >= 4 is 9.84 Å². The average molecular weight is 308 g/mol. The first kappa shape index (κ1) is 14.4. The third kappa shape index (κ3) is 2.93. The van der Waals surface area contributed by atoms with Gasteiger partial charge in [-0.05, 0) is 31.4 Å². The van der Waals surface area contributed by atoms with E-state index in [-0.39, 0.29) is 10.5 Å². The smallest absolute Gasteiger partial charge is 0.159 e. The highest BCUT2D eigenvalue weighted by Crippen LogP contribution is 2.38. The minimum Gasteiger partial charge on any atom is -0.497 e. The highest BCUT2D eigenvalue weighted by Gasteiger charge is 2.42. The molecule has 1 aromatic carbocycles. The fourth-order valence-corrected chi connectivity index (χ4v) is 5.37. The zero-order chi connectivity index (χ0) is 14.9. The van der Waals surface area contributed by atoms with Crippen LogP contribution >= 0.6 is 0 Å². The van der Waals surface area contributed by atoms with Crippen LogP contribution in [0.2, 0.25) is 0 Å². The molecule has 4 nitrogen and oxygen atoms in total. The lowest BCUT2D eigenvalue weighted by atomic mass is 10.1. The molecule has 2 atom stereocenters. The first-order chi connectivity index (χ1) is 10.1. The molecule has 0 spiro atoms. The molecule has 2 aliphatic rings. The first-order valence-electron chi connectivity index (χ1n) is 7.29. The fourth-order valence-electron chi connectivity index (χ4n) is 3.12. The molecule has 1 aromatic rings. The Kier molecular flexibility index (Phi) is 3.93. The van der Waals surface area contributed by atoms with Gasteiger partial charge in [0, 0.05) is 12.5 Å². The Morgan fingerprint density at radius 1 is 1.24 bits per heavy atom. The Hall–Kier alpha value is -1.49. The number of hydrogen-bond donors (Lipinski definition) is 0. The summed E-state index contributed by atoms with van der Waals surface area (Å²) in [5.74, 6) is 1.55. The summed E-state index contributed by atoms with van der Waals surface area (Å²) in [6.45, 7) is 0.568. The van der Waals surface area contributed by atoms with E-state index in [2.05, 4.69) is 0 Å². The lowest BCUT2D eigenvalue weighted by Gasteiger charge is -2.20. The summed E-state index contributed by atoms with van der Waals surface area (Å²) >= 11 is 0.